The summed E-state index contributed by atoms with van der Waals surface area (Å²) >= 11 is 0. The van der Waals surface area contributed by atoms with E-state index in [2.05, 4.69) is 0 Å². The summed E-state index contributed by atoms with van der Waals surface area (Å²) in [5.41, 5.74) is 0.614. The fourth-order valence-corrected chi connectivity index (χ4v) is 2.75. The number of carbonyl (C=O) groups excluding carboxylic acids is 1. The average molecular weight is 294 g/mol. The first kappa shape index (κ1) is 14.7. The third kappa shape index (κ3) is 2.45. The van der Waals surface area contributed by atoms with E-state index in [0.29, 0.717) is 5.56 Å². The van der Waals surface area contributed by atoms with Crippen LogP contribution in [0, 0.1) is 0 Å². The van der Waals surface area contributed by atoms with Crippen LogP contribution in [0.25, 0.3) is 0 Å². The maximum Gasteiger partial charge on any atom is 0.192 e. The van der Waals surface area contributed by atoms with Crippen LogP contribution in [-0.4, -0.2) is 31.4 Å². The Morgan fingerprint density at radius 3 is 2.35 bits per heavy atom. The number of hydrogen-bond acceptors (Lipinski definition) is 3. The molecular weight excluding hydrogens is 279 g/mol. The summed E-state index contributed by atoms with van der Waals surface area (Å²) in [7, 11) is -3.61. The van der Waals surface area contributed by atoms with E-state index in [1.165, 1.54) is 19.1 Å². The van der Waals surface area contributed by atoms with Crippen LogP contribution in [0.3, 0.4) is 0 Å². The van der Waals surface area contributed by atoms with Gasteiger partial charge in [-0.25, -0.2) is 12.8 Å². The molecule has 0 heterocycles. The predicted octanol–water partition coefficient (Wildman–Crippen LogP) is 2.51. The van der Waals surface area contributed by atoms with Gasteiger partial charge in [-0.15, -0.1) is 0 Å². The molecule has 0 aliphatic heterocycles. The summed E-state index contributed by atoms with van der Waals surface area (Å²) in [6.45, 7) is 1.31. The largest absolute Gasteiger partial charge is 0.289 e. The second-order valence-electron chi connectivity index (χ2n) is 5.01. The van der Waals surface area contributed by atoms with Crippen molar-refractivity contribution in [3.8, 4) is 0 Å². The lowest BCUT2D eigenvalue weighted by Crippen LogP contribution is -2.43. The van der Waals surface area contributed by atoms with Crippen molar-refractivity contribution in [2.24, 2.45) is 0 Å². The number of Topliss-reactive ketones (excluding diaryl/α,β-unsaturated/α-hetero) is 1. The average Bonchev–Trinajstić information content (AvgIpc) is 2.41. The van der Waals surface area contributed by atoms with Crippen LogP contribution >= 0.6 is 0 Å². The fraction of sp³-hybridized carbons (Fsp3) is 0.267. The minimum atomic E-state index is -3.61. The Hall–Kier alpha value is -1.75. The van der Waals surface area contributed by atoms with Gasteiger partial charge in [-0.2, -0.15) is 0 Å². The Balaban J connectivity index is 2.34. The van der Waals surface area contributed by atoms with Gasteiger partial charge in [-0.05, 0) is 13.0 Å². The number of carbonyl (C=O) groups is 1. The molecule has 1 aliphatic carbocycles. The molecular formula is C15H15FO3S. The minimum Gasteiger partial charge on any atom is -0.289 e. The third-order valence-electron chi connectivity index (χ3n) is 3.56. The Morgan fingerprint density at radius 1 is 1.25 bits per heavy atom. The van der Waals surface area contributed by atoms with E-state index in [-0.39, 0.29) is 11.4 Å². The lowest BCUT2D eigenvalue weighted by atomic mass is 9.91. The van der Waals surface area contributed by atoms with Gasteiger partial charge >= 0.3 is 0 Å². The third-order valence-corrected chi connectivity index (χ3v) is 5.52. The number of halogens is 1. The molecule has 5 heteroatoms. The van der Waals surface area contributed by atoms with Gasteiger partial charge in [-0.1, -0.05) is 42.5 Å². The molecule has 2 rings (SSSR count). The summed E-state index contributed by atoms with van der Waals surface area (Å²) in [5, 5.41) is 0. The highest BCUT2D eigenvalue weighted by molar-refractivity contribution is 7.92. The van der Waals surface area contributed by atoms with Crippen LogP contribution in [-0.2, 0) is 9.84 Å². The molecule has 0 N–H and O–H groups in total. The quantitative estimate of drug-likeness (QED) is 0.805. The molecule has 0 radical (unpaired) electrons. The molecule has 0 saturated carbocycles. The molecule has 106 valence electrons. The molecule has 0 spiro atoms. The molecule has 0 fully saturated rings. The van der Waals surface area contributed by atoms with E-state index < -0.39 is 20.8 Å². The Bertz CT molecular complexity index is 689. The lowest BCUT2D eigenvalue weighted by Gasteiger charge is -2.29. The van der Waals surface area contributed by atoms with Crippen molar-refractivity contribution in [1.82, 2.24) is 0 Å². The van der Waals surface area contributed by atoms with Gasteiger partial charge in [0.05, 0.1) is 0 Å². The van der Waals surface area contributed by atoms with Gasteiger partial charge in [0, 0.05) is 17.4 Å². The second kappa shape index (κ2) is 4.98. The molecule has 0 saturated heterocycles. The van der Waals surface area contributed by atoms with E-state index in [4.69, 9.17) is 0 Å². The van der Waals surface area contributed by atoms with Crippen molar-refractivity contribution in [3.63, 3.8) is 0 Å². The topological polar surface area (TPSA) is 51.2 Å². The van der Waals surface area contributed by atoms with Gasteiger partial charge < -0.3 is 0 Å². The summed E-state index contributed by atoms with van der Waals surface area (Å²) in [6, 6.07) is 8.48. The van der Waals surface area contributed by atoms with E-state index >= 15 is 0 Å². The minimum absolute atomic E-state index is 0.171. The first-order valence-electron chi connectivity index (χ1n) is 6.10. The van der Waals surface area contributed by atoms with E-state index in [0.717, 1.165) is 12.3 Å². The normalized spacial score (nSPS) is 26.1. The van der Waals surface area contributed by atoms with Gasteiger partial charge in [0.25, 0.3) is 0 Å². The van der Waals surface area contributed by atoms with Gasteiger partial charge in [0.15, 0.2) is 15.6 Å². The van der Waals surface area contributed by atoms with Crippen LogP contribution in [0.4, 0.5) is 4.39 Å². The lowest BCUT2D eigenvalue weighted by molar-refractivity contribution is 0.103. The molecule has 1 aliphatic rings. The Kier molecular flexibility index (Phi) is 3.65. The van der Waals surface area contributed by atoms with E-state index in [9.17, 15) is 17.6 Å². The number of rotatable bonds is 3. The molecule has 3 nitrogen and oxygen atoms in total. The zero-order valence-electron chi connectivity index (χ0n) is 11.2. The Labute approximate surface area is 117 Å². The first-order chi connectivity index (χ1) is 9.25. The fourth-order valence-electron chi connectivity index (χ4n) is 1.96. The number of allylic oxidation sites excluding steroid dienone is 3. The van der Waals surface area contributed by atoms with Gasteiger partial charge in [0.2, 0.25) is 0 Å². The molecule has 1 aromatic carbocycles. The van der Waals surface area contributed by atoms with Gasteiger partial charge in [-0.3, -0.25) is 4.79 Å². The van der Waals surface area contributed by atoms with E-state index in [1.807, 2.05) is 0 Å². The predicted molar refractivity (Wildman–Crippen MR) is 76.1 cm³/mol. The van der Waals surface area contributed by atoms with Crippen molar-refractivity contribution in [2.45, 2.75) is 17.8 Å². The van der Waals surface area contributed by atoms with Gasteiger partial charge in [0.1, 0.15) is 10.9 Å². The molecule has 1 aromatic rings. The van der Waals surface area contributed by atoms with Crippen LogP contribution in [0.2, 0.25) is 0 Å². The smallest absolute Gasteiger partial charge is 0.192 e. The van der Waals surface area contributed by atoms with Crippen LogP contribution in [0.5, 0.6) is 0 Å². The molecule has 20 heavy (non-hydrogen) atoms. The Morgan fingerprint density at radius 2 is 1.85 bits per heavy atom. The highest BCUT2D eigenvalue weighted by Gasteiger charge is 2.43. The first-order valence-corrected chi connectivity index (χ1v) is 7.99. The SMILES string of the molecule is CC1(S(C)(=O)=O)C=CC(C(=O)c2ccccc2)=CC1F. The van der Waals surface area contributed by atoms with Crippen molar-refractivity contribution in [3.05, 3.63) is 59.7 Å². The maximum absolute atomic E-state index is 14.2. The summed E-state index contributed by atoms with van der Waals surface area (Å²) < 4.78 is 35.9. The number of hydrogen-bond donors (Lipinski definition) is 0. The molecule has 0 bridgehead atoms. The highest BCUT2D eigenvalue weighted by atomic mass is 32.2. The zero-order valence-corrected chi connectivity index (χ0v) is 12.0. The second-order valence-corrected chi connectivity index (χ2v) is 7.43. The highest BCUT2D eigenvalue weighted by Crippen LogP contribution is 2.31. The molecule has 2 atom stereocenters. The zero-order chi connectivity index (χ0) is 15.0. The number of sulfone groups is 1. The van der Waals surface area contributed by atoms with Crippen LogP contribution in [0.1, 0.15) is 17.3 Å². The van der Waals surface area contributed by atoms with Crippen molar-refractivity contribution >= 4 is 15.6 Å². The number of alkyl halides is 1. The molecule has 2 unspecified atom stereocenters. The summed E-state index contributed by atoms with van der Waals surface area (Å²) in [4.78, 5) is 12.2. The van der Waals surface area contributed by atoms with Crippen molar-refractivity contribution < 1.29 is 17.6 Å². The summed E-state index contributed by atoms with van der Waals surface area (Å²) in [5.74, 6) is -0.319. The monoisotopic (exact) mass is 294 g/mol. The standard InChI is InChI=1S/C15H15FO3S/c1-15(20(2,18)19)9-8-12(10-13(15)16)14(17)11-6-4-3-5-7-11/h3-10,13H,1-2H3. The van der Waals surface area contributed by atoms with Crippen molar-refractivity contribution in [1.29, 1.82) is 0 Å². The number of ketones is 1. The molecule has 0 amide bonds. The van der Waals surface area contributed by atoms with Crippen LogP contribution in [0.15, 0.2) is 54.1 Å². The maximum atomic E-state index is 14.2. The van der Waals surface area contributed by atoms with E-state index in [1.54, 1.807) is 30.3 Å². The number of benzene rings is 1. The summed E-state index contributed by atoms with van der Waals surface area (Å²) in [6.07, 6.45) is 2.96. The van der Waals surface area contributed by atoms with Crippen LogP contribution < -0.4 is 0 Å². The molecule has 0 aromatic heterocycles. The van der Waals surface area contributed by atoms with Crippen molar-refractivity contribution in [2.75, 3.05) is 6.26 Å².